The van der Waals surface area contributed by atoms with Crippen LogP contribution in [0.3, 0.4) is 0 Å². The SMILES string of the molecule is O=C(Cn1cc(C(F)(F)F)ccc1=O)N1CCc2[nH]c3c(Br)cccc3c2C1. The van der Waals surface area contributed by atoms with Crippen molar-refractivity contribution in [2.45, 2.75) is 25.7 Å². The molecule has 1 aromatic carbocycles. The molecule has 146 valence electrons. The van der Waals surface area contributed by atoms with E-state index in [1.165, 1.54) is 0 Å². The Kier molecular flexibility index (Phi) is 4.57. The lowest BCUT2D eigenvalue weighted by Gasteiger charge is -2.27. The molecule has 0 aliphatic carbocycles. The van der Waals surface area contributed by atoms with Gasteiger partial charge in [-0.1, -0.05) is 12.1 Å². The number of rotatable bonds is 2. The summed E-state index contributed by atoms with van der Waals surface area (Å²) in [5.74, 6) is -0.392. The Hall–Kier alpha value is -2.55. The second-order valence-electron chi connectivity index (χ2n) is 6.69. The molecule has 1 amide bonds. The minimum Gasteiger partial charge on any atom is -0.357 e. The van der Waals surface area contributed by atoms with Crippen LogP contribution in [0.25, 0.3) is 10.9 Å². The molecule has 3 aromatic rings. The number of aromatic nitrogens is 2. The summed E-state index contributed by atoms with van der Waals surface area (Å²) < 4.78 is 40.4. The average molecular weight is 454 g/mol. The average Bonchev–Trinajstić information content (AvgIpc) is 3.02. The zero-order chi connectivity index (χ0) is 20.1. The van der Waals surface area contributed by atoms with E-state index in [1.807, 2.05) is 18.2 Å². The lowest BCUT2D eigenvalue weighted by atomic mass is 10.0. The second kappa shape index (κ2) is 6.80. The summed E-state index contributed by atoms with van der Waals surface area (Å²) in [6.07, 6.45) is -3.27. The first kappa shape index (κ1) is 18.8. The molecule has 0 bridgehead atoms. The number of hydrogen-bond acceptors (Lipinski definition) is 2. The van der Waals surface area contributed by atoms with Gasteiger partial charge < -0.3 is 14.5 Å². The van der Waals surface area contributed by atoms with Crippen molar-refractivity contribution < 1.29 is 18.0 Å². The highest BCUT2D eigenvalue weighted by Crippen LogP contribution is 2.32. The zero-order valence-electron chi connectivity index (χ0n) is 14.5. The van der Waals surface area contributed by atoms with E-state index in [2.05, 4.69) is 20.9 Å². The fraction of sp³-hybridized carbons (Fsp3) is 0.263. The van der Waals surface area contributed by atoms with E-state index in [9.17, 15) is 22.8 Å². The molecule has 28 heavy (non-hydrogen) atoms. The number of para-hydroxylation sites is 1. The Morgan fingerprint density at radius 3 is 2.75 bits per heavy atom. The lowest BCUT2D eigenvalue weighted by Crippen LogP contribution is -2.39. The van der Waals surface area contributed by atoms with Crippen LogP contribution in [0.5, 0.6) is 0 Å². The van der Waals surface area contributed by atoms with Crippen LogP contribution in [-0.2, 0) is 30.5 Å². The van der Waals surface area contributed by atoms with Gasteiger partial charge in [0.05, 0.1) is 11.1 Å². The van der Waals surface area contributed by atoms with Gasteiger partial charge in [-0.05, 0) is 28.1 Å². The molecule has 5 nitrogen and oxygen atoms in total. The van der Waals surface area contributed by atoms with Crippen molar-refractivity contribution >= 4 is 32.7 Å². The molecule has 1 N–H and O–H groups in total. The molecule has 0 saturated heterocycles. The van der Waals surface area contributed by atoms with Crippen LogP contribution in [-0.4, -0.2) is 26.9 Å². The highest BCUT2D eigenvalue weighted by molar-refractivity contribution is 9.10. The number of hydrogen-bond donors (Lipinski definition) is 1. The van der Waals surface area contributed by atoms with E-state index in [-0.39, 0.29) is 0 Å². The van der Waals surface area contributed by atoms with Crippen molar-refractivity contribution in [3.8, 4) is 0 Å². The number of nitrogens with zero attached hydrogens (tertiary/aromatic N) is 2. The third-order valence-electron chi connectivity index (χ3n) is 4.93. The molecule has 0 atom stereocenters. The maximum atomic E-state index is 12.9. The van der Waals surface area contributed by atoms with E-state index in [0.717, 1.165) is 43.3 Å². The van der Waals surface area contributed by atoms with Crippen molar-refractivity contribution in [3.05, 3.63) is 68.2 Å². The summed E-state index contributed by atoms with van der Waals surface area (Å²) in [5, 5.41) is 0.998. The Bertz CT molecular complexity index is 1130. The summed E-state index contributed by atoms with van der Waals surface area (Å²) in [7, 11) is 0. The number of halogens is 4. The van der Waals surface area contributed by atoms with Crippen LogP contribution in [0.1, 0.15) is 16.8 Å². The molecule has 0 radical (unpaired) electrons. The Balaban J connectivity index is 1.59. The molecule has 4 rings (SSSR count). The van der Waals surface area contributed by atoms with Gasteiger partial charge in [-0.15, -0.1) is 0 Å². The minimum atomic E-state index is -4.57. The van der Waals surface area contributed by atoms with E-state index in [1.54, 1.807) is 4.90 Å². The third-order valence-corrected chi connectivity index (χ3v) is 5.59. The van der Waals surface area contributed by atoms with Gasteiger partial charge in [-0.3, -0.25) is 9.59 Å². The predicted molar refractivity (Wildman–Crippen MR) is 101 cm³/mol. The molecule has 0 fully saturated rings. The quantitative estimate of drug-likeness (QED) is 0.643. The van der Waals surface area contributed by atoms with E-state index >= 15 is 0 Å². The summed E-state index contributed by atoms with van der Waals surface area (Å²) in [6, 6.07) is 7.35. The molecule has 3 heterocycles. The van der Waals surface area contributed by atoms with Crippen molar-refractivity contribution in [3.63, 3.8) is 0 Å². The molecule has 1 aliphatic rings. The van der Waals surface area contributed by atoms with Gasteiger partial charge in [-0.2, -0.15) is 13.2 Å². The second-order valence-corrected chi connectivity index (χ2v) is 7.55. The molecule has 9 heteroatoms. The Morgan fingerprint density at radius 2 is 2.00 bits per heavy atom. The van der Waals surface area contributed by atoms with Crippen LogP contribution in [0.2, 0.25) is 0 Å². The summed E-state index contributed by atoms with van der Waals surface area (Å²) in [5.41, 5.74) is 1.39. The molecule has 0 spiro atoms. The van der Waals surface area contributed by atoms with E-state index in [0.29, 0.717) is 25.7 Å². The van der Waals surface area contributed by atoms with Gasteiger partial charge >= 0.3 is 6.18 Å². The highest BCUT2D eigenvalue weighted by Gasteiger charge is 2.31. The fourth-order valence-electron chi connectivity index (χ4n) is 3.48. The molecular formula is C19H15BrF3N3O2. The van der Waals surface area contributed by atoms with Gasteiger partial charge in [0, 0.05) is 52.9 Å². The summed E-state index contributed by atoms with van der Waals surface area (Å²) in [4.78, 5) is 29.5. The first-order chi connectivity index (χ1) is 13.2. The molecular weight excluding hydrogens is 439 g/mol. The maximum Gasteiger partial charge on any atom is 0.417 e. The number of nitrogens with one attached hydrogen (secondary N) is 1. The van der Waals surface area contributed by atoms with E-state index < -0.39 is 29.8 Å². The number of benzene rings is 1. The maximum absolute atomic E-state index is 12.9. The van der Waals surface area contributed by atoms with Crippen molar-refractivity contribution in [1.82, 2.24) is 14.5 Å². The Morgan fingerprint density at radius 1 is 1.21 bits per heavy atom. The van der Waals surface area contributed by atoms with Crippen molar-refractivity contribution in [1.29, 1.82) is 0 Å². The topological polar surface area (TPSA) is 58.1 Å². The standard InChI is InChI=1S/C19H15BrF3N3O2/c20-14-3-1-2-12-13-9-25(7-6-15(13)24-18(12)14)17(28)10-26-8-11(19(21,22)23)4-5-16(26)27/h1-5,8,24H,6-7,9-10H2. The molecule has 1 aliphatic heterocycles. The first-order valence-electron chi connectivity index (χ1n) is 8.57. The normalized spacial score (nSPS) is 14.4. The number of aromatic amines is 1. The van der Waals surface area contributed by atoms with Crippen LogP contribution < -0.4 is 5.56 Å². The molecule has 0 unspecified atom stereocenters. The zero-order valence-corrected chi connectivity index (χ0v) is 16.1. The number of amides is 1. The van der Waals surface area contributed by atoms with Crippen LogP contribution in [0.4, 0.5) is 13.2 Å². The number of pyridine rings is 1. The molecule has 2 aromatic heterocycles. The van der Waals surface area contributed by atoms with Gasteiger partial charge in [0.1, 0.15) is 6.54 Å². The highest BCUT2D eigenvalue weighted by atomic mass is 79.9. The van der Waals surface area contributed by atoms with Crippen LogP contribution in [0, 0.1) is 0 Å². The van der Waals surface area contributed by atoms with Crippen LogP contribution >= 0.6 is 15.9 Å². The monoisotopic (exact) mass is 453 g/mol. The van der Waals surface area contributed by atoms with Gasteiger partial charge in [-0.25, -0.2) is 0 Å². The first-order valence-corrected chi connectivity index (χ1v) is 9.37. The summed E-state index contributed by atoms with van der Waals surface area (Å²) >= 11 is 3.50. The van der Waals surface area contributed by atoms with Crippen LogP contribution in [0.15, 0.2) is 45.8 Å². The predicted octanol–water partition coefficient (Wildman–Crippen LogP) is 3.70. The number of alkyl halides is 3. The number of carbonyl (C=O) groups is 1. The smallest absolute Gasteiger partial charge is 0.357 e. The van der Waals surface area contributed by atoms with Gasteiger partial charge in [0.25, 0.3) is 5.56 Å². The van der Waals surface area contributed by atoms with E-state index in [4.69, 9.17) is 0 Å². The Labute approximate surface area is 165 Å². The third kappa shape index (κ3) is 3.34. The van der Waals surface area contributed by atoms with Crippen molar-refractivity contribution in [2.24, 2.45) is 0 Å². The lowest BCUT2D eigenvalue weighted by molar-refractivity contribution is -0.139. The number of H-pyrrole nitrogens is 1. The summed E-state index contributed by atoms with van der Waals surface area (Å²) in [6.45, 7) is 0.354. The molecule has 0 saturated carbocycles. The largest absolute Gasteiger partial charge is 0.417 e. The van der Waals surface area contributed by atoms with Gasteiger partial charge in [0.2, 0.25) is 5.91 Å². The fourth-order valence-corrected chi connectivity index (χ4v) is 3.95. The van der Waals surface area contributed by atoms with Crippen molar-refractivity contribution in [2.75, 3.05) is 6.54 Å². The minimum absolute atomic E-state index is 0.346. The number of fused-ring (bicyclic) bond motifs is 3. The number of carbonyl (C=O) groups excluding carboxylic acids is 1. The van der Waals surface area contributed by atoms with Gasteiger partial charge in [0.15, 0.2) is 0 Å².